The topological polar surface area (TPSA) is 124 Å². The number of nitrogens with one attached hydrogen (secondary N) is 1. The second-order valence-electron chi connectivity index (χ2n) is 1.96. The van der Waals surface area contributed by atoms with Gasteiger partial charge in [-0.25, -0.2) is 0 Å². The Morgan fingerprint density at radius 3 is 1.27 bits per heavy atom. The van der Waals surface area contributed by atoms with Crippen LogP contribution in [0.5, 0.6) is 0 Å². The maximum absolute atomic E-state index is 9.54. The number of hydrogen-bond acceptors (Lipinski definition) is 4. The number of likely N-dealkylation sites (N-methyl/N-ethyl adjacent to an activating group) is 1. The predicted molar refractivity (Wildman–Crippen MR) is 56.2 cm³/mol. The summed E-state index contributed by atoms with van der Waals surface area (Å²) in [5.41, 5.74) is 0. The molecular formula is C7H17CaNO6. The Balaban J connectivity index is -0.0000000252. The number of carboxylic acid groups (broad SMARTS) is 3. The van der Waals surface area contributed by atoms with Crippen LogP contribution in [0.3, 0.4) is 0 Å². The first kappa shape index (κ1) is 24.1. The van der Waals surface area contributed by atoms with E-state index in [9.17, 15) is 4.79 Å². The van der Waals surface area contributed by atoms with Gasteiger partial charge < -0.3 is 23.5 Å². The van der Waals surface area contributed by atoms with Crippen LogP contribution in [0.25, 0.3) is 0 Å². The maximum atomic E-state index is 9.54. The summed E-state index contributed by atoms with van der Waals surface area (Å²) in [6.45, 7) is 2.21. The van der Waals surface area contributed by atoms with E-state index in [-0.39, 0.29) is 47.1 Å². The Kier molecular flexibility index (Phi) is 30.9. The van der Waals surface area contributed by atoms with E-state index in [0.29, 0.717) is 0 Å². The Bertz CT molecular complexity index is 173. The molecule has 15 heavy (non-hydrogen) atoms. The fourth-order valence-electron chi connectivity index (χ4n) is 0.151. The normalized spacial score (nSPS) is 6.60. The smallest absolute Gasteiger partial charge is 1.00 e. The third-order valence-electron chi connectivity index (χ3n) is 0.328. The van der Waals surface area contributed by atoms with Crippen LogP contribution in [0.2, 0.25) is 0 Å². The zero-order chi connectivity index (χ0) is 12.1. The van der Waals surface area contributed by atoms with Gasteiger partial charge >= 0.3 is 43.7 Å². The molecule has 0 radical (unpaired) electrons. The maximum Gasteiger partial charge on any atom is 2.00 e. The second kappa shape index (κ2) is 19.2. The quantitative estimate of drug-likeness (QED) is 0.479. The van der Waals surface area contributed by atoms with Gasteiger partial charge in [-0.05, 0) is 7.05 Å². The molecule has 0 atom stereocenters. The molecule has 0 saturated carbocycles. The van der Waals surface area contributed by atoms with Gasteiger partial charge in [0, 0.05) is 13.8 Å². The van der Waals surface area contributed by atoms with Gasteiger partial charge in [-0.3, -0.25) is 14.4 Å². The molecule has 0 aliphatic carbocycles. The summed E-state index contributed by atoms with van der Waals surface area (Å²) in [6, 6.07) is 0. The summed E-state index contributed by atoms with van der Waals surface area (Å²) in [7, 11) is 1.59. The molecule has 0 aromatic rings. The third kappa shape index (κ3) is 267. The minimum absolute atomic E-state index is 0. The first-order chi connectivity index (χ1) is 6.23. The molecule has 0 aromatic carbocycles. The molecular weight excluding hydrogens is 234 g/mol. The largest absolute Gasteiger partial charge is 2.00 e. The van der Waals surface area contributed by atoms with Crippen molar-refractivity contribution in [2.45, 2.75) is 13.8 Å². The summed E-state index contributed by atoms with van der Waals surface area (Å²) >= 11 is 0. The molecule has 0 amide bonds. The van der Waals surface area contributed by atoms with Gasteiger partial charge in [0.1, 0.15) is 0 Å². The van der Waals surface area contributed by atoms with Crippen LogP contribution in [0.4, 0.5) is 0 Å². The van der Waals surface area contributed by atoms with Crippen molar-refractivity contribution in [1.29, 1.82) is 0 Å². The predicted octanol–water partition coefficient (Wildman–Crippen LogP) is -0.684. The molecule has 8 heteroatoms. The zero-order valence-corrected chi connectivity index (χ0v) is 11.2. The Morgan fingerprint density at radius 1 is 1.07 bits per heavy atom. The SMILES string of the molecule is CC(=O)O.CC(=O)O.CNCC(=O)O.[Ca+2].[H-].[H-]. The number of carboxylic acids is 3. The van der Waals surface area contributed by atoms with Crippen molar-refractivity contribution < 1.29 is 32.6 Å². The molecule has 0 spiro atoms. The van der Waals surface area contributed by atoms with Crippen LogP contribution in [0.15, 0.2) is 0 Å². The number of aliphatic carboxylic acids is 3. The second-order valence-corrected chi connectivity index (χ2v) is 1.96. The van der Waals surface area contributed by atoms with Crippen LogP contribution in [0, 0.1) is 0 Å². The summed E-state index contributed by atoms with van der Waals surface area (Å²) in [5.74, 6) is -2.49. The third-order valence-corrected chi connectivity index (χ3v) is 0.328. The standard InChI is InChI=1S/C3H7NO2.2C2H4O2.Ca.2H/c1-4-2-3(5)6;2*1-2(3)4;;;/h4H,2H2,1H3,(H,5,6);2*1H3,(H,3,4);;;/q;;;+2;2*-1. The van der Waals surface area contributed by atoms with Gasteiger partial charge in [0.15, 0.2) is 0 Å². The Labute approximate surface area is 120 Å². The molecule has 88 valence electrons. The summed E-state index contributed by atoms with van der Waals surface area (Å²) in [4.78, 5) is 27.5. The molecule has 0 bridgehead atoms. The van der Waals surface area contributed by atoms with Crippen molar-refractivity contribution in [3.05, 3.63) is 0 Å². The summed E-state index contributed by atoms with van der Waals surface area (Å²) in [6.07, 6.45) is 0. The van der Waals surface area contributed by atoms with Crippen molar-refractivity contribution in [3.8, 4) is 0 Å². The van der Waals surface area contributed by atoms with Gasteiger partial charge in [-0.1, -0.05) is 0 Å². The van der Waals surface area contributed by atoms with E-state index in [4.69, 9.17) is 24.9 Å². The summed E-state index contributed by atoms with van der Waals surface area (Å²) in [5, 5.41) is 25.2. The van der Waals surface area contributed by atoms with Gasteiger partial charge in [-0.15, -0.1) is 0 Å². The van der Waals surface area contributed by atoms with Gasteiger partial charge in [0.2, 0.25) is 0 Å². The Hall–Kier alpha value is -0.370. The van der Waals surface area contributed by atoms with Gasteiger partial charge in [0.25, 0.3) is 11.9 Å². The van der Waals surface area contributed by atoms with Crippen molar-refractivity contribution in [2.24, 2.45) is 0 Å². The first-order valence-corrected chi connectivity index (χ1v) is 3.49. The van der Waals surface area contributed by atoms with Crippen molar-refractivity contribution >= 4 is 55.6 Å². The Morgan fingerprint density at radius 2 is 1.27 bits per heavy atom. The average Bonchev–Trinajstić information content (AvgIpc) is 1.82. The van der Waals surface area contributed by atoms with Crippen LogP contribution >= 0.6 is 0 Å². The van der Waals surface area contributed by atoms with Crippen molar-refractivity contribution in [2.75, 3.05) is 13.6 Å². The molecule has 0 aliphatic rings. The number of carbonyl (C=O) groups is 3. The zero-order valence-electron chi connectivity index (χ0n) is 11.0. The molecule has 0 unspecified atom stereocenters. The molecule has 4 N–H and O–H groups in total. The molecule has 0 aromatic heterocycles. The number of rotatable bonds is 2. The van der Waals surface area contributed by atoms with Crippen LogP contribution in [0.1, 0.15) is 16.7 Å². The molecule has 0 aliphatic heterocycles. The van der Waals surface area contributed by atoms with Crippen molar-refractivity contribution in [3.63, 3.8) is 0 Å². The molecule has 0 fully saturated rings. The van der Waals surface area contributed by atoms with E-state index < -0.39 is 17.9 Å². The van der Waals surface area contributed by atoms with E-state index in [1.54, 1.807) is 7.05 Å². The van der Waals surface area contributed by atoms with Gasteiger partial charge in [0.05, 0.1) is 6.54 Å². The van der Waals surface area contributed by atoms with E-state index in [1.165, 1.54) is 0 Å². The number of hydrogen-bond donors (Lipinski definition) is 4. The minimum Gasteiger partial charge on any atom is -1.00 e. The van der Waals surface area contributed by atoms with E-state index >= 15 is 0 Å². The molecule has 0 saturated heterocycles. The van der Waals surface area contributed by atoms with E-state index in [0.717, 1.165) is 13.8 Å². The first-order valence-electron chi connectivity index (χ1n) is 3.49. The molecule has 0 rings (SSSR count). The van der Waals surface area contributed by atoms with Crippen molar-refractivity contribution in [1.82, 2.24) is 5.32 Å². The molecule has 7 nitrogen and oxygen atoms in total. The fourth-order valence-corrected chi connectivity index (χ4v) is 0.151. The summed E-state index contributed by atoms with van der Waals surface area (Å²) < 4.78 is 0. The molecule has 0 heterocycles. The average molecular weight is 251 g/mol. The fraction of sp³-hybridized carbons (Fsp3) is 0.571. The van der Waals surface area contributed by atoms with Crippen LogP contribution in [-0.4, -0.2) is 84.6 Å². The van der Waals surface area contributed by atoms with E-state index in [2.05, 4.69) is 5.32 Å². The van der Waals surface area contributed by atoms with Crippen LogP contribution in [-0.2, 0) is 14.4 Å². The van der Waals surface area contributed by atoms with E-state index in [1.807, 2.05) is 0 Å². The van der Waals surface area contributed by atoms with Gasteiger partial charge in [-0.2, -0.15) is 0 Å². The monoisotopic (exact) mass is 251 g/mol. The van der Waals surface area contributed by atoms with Crippen LogP contribution < -0.4 is 5.32 Å². The minimum atomic E-state index is -0.833.